The number of fused-ring (bicyclic) bond motifs is 1. The summed E-state index contributed by atoms with van der Waals surface area (Å²) in [6, 6.07) is 14.5. The first kappa shape index (κ1) is 18.8. The van der Waals surface area contributed by atoms with E-state index in [1.54, 1.807) is 31.4 Å². The van der Waals surface area contributed by atoms with Crippen LogP contribution in [0.3, 0.4) is 0 Å². The van der Waals surface area contributed by atoms with Crippen molar-refractivity contribution in [1.29, 1.82) is 0 Å². The molecule has 0 aliphatic heterocycles. The van der Waals surface area contributed by atoms with E-state index in [9.17, 15) is 9.59 Å². The Hall–Kier alpha value is -2.99. The van der Waals surface area contributed by atoms with E-state index in [1.807, 2.05) is 38.1 Å². The van der Waals surface area contributed by atoms with Gasteiger partial charge in [-0.2, -0.15) is 5.10 Å². The van der Waals surface area contributed by atoms with Gasteiger partial charge in [-0.15, -0.1) is 0 Å². The maximum atomic E-state index is 13.0. The predicted molar refractivity (Wildman–Crippen MR) is 106 cm³/mol. The van der Waals surface area contributed by atoms with Crippen molar-refractivity contribution in [3.8, 4) is 0 Å². The van der Waals surface area contributed by atoms with Crippen molar-refractivity contribution < 1.29 is 9.53 Å². The lowest BCUT2D eigenvalue weighted by molar-refractivity contribution is 0.102. The molecule has 1 heterocycles. The highest BCUT2D eigenvalue weighted by Crippen LogP contribution is 2.19. The molecule has 0 spiro atoms. The molecule has 0 aliphatic rings. The molecule has 0 fully saturated rings. The first-order valence-electron chi connectivity index (χ1n) is 8.89. The third kappa shape index (κ3) is 4.06. The van der Waals surface area contributed by atoms with Gasteiger partial charge in [0.2, 0.25) is 0 Å². The Morgan fingerprint density at radius 1 is 1.11 bits per heavy atom. The zero-order chi connectivity index (χ0) is 19.4. The first-order chi connectivity index (χ1) is 13.0. The van der Waals surface area contributed by atoms with Crippen LogP contribution >= 0.6 is 0 Å². The topological polar surface area (TPSA) is 73.2 Å². The standard InChI is InChI=1S/C21H23N3O3/c1-14(2)12-24-21(26)17-10-6-5-9-16(17)19(23-24)20(25)22-18-11-7-4-8-15(18)13-27-3/h4-11,14H,12-13H2,1-3H3,(H,22,25). The van der Waals surface area contributed by atoms with Crippen molar-refractivity contribution >= 4 is 22.4 Å². The van der Waals surface area contributed by atoms with Crippen LogP contribution in [0.4, 0.5) is 5.69 Å². The van der Waals surface area contributed by atoms with Crippen molar-refractivity contribution in [3.63, 3.8) is 0 Å². The molecule has 0 saturated heterocycles. The summed E-state index contributed by atoms with van der Waals surface area (Å²) in [6.07, 6.45) is 0. The number of benzene rings is 2. The molecule has 2 aromatic carbocycles. The van der Waals surface area contributed by atoms with E-state index in [-0.39, 0.29) is 23.1 Å². The molecule has 0 atom stereocenters. The van der Waals surface area contributed by atoms with Gasteiger partial charge in [-0.3, -0.25) is 9.59 Å². The highest BCUT2D eigenvalue weighted by atomic mass is 16.5. The highest BCUT2D eigenvalue weighted by Gasteiger charge is 2.18. The third-order valence-corrected chi connectivity index (χ3v) is 4.19. The largest absolute Gasteiger partial charge is 0.380 e. The number of carbonyl (C=O) groups excluding carboxylic acids is 1. The average molecular weight is 365 g/mol. The minimum absolute atomic E-state index is 0.185. The van der Waals surface area contributed by atoms with Gasteiger partial charge in [-0.05, 0) is 18.1 Å². The van der Waals surface area contributed by atoms with Gasteiger partial charge in [0.25, 0.3) is 11.5 Å². The maximum Gasteiger partial charge on any atom is 0.276 e. The number of nitrogens with zero attached hydrogens (tertiary/aromatic N) is 2. The Morgan fingerprint density at radius 3 is 2.48 bits per heavy atom. The normalized spacial score (nSPS) is 11.1. The van der Waals surface area contributed by atoms with Gasteiger partial charge < -0.3 is 10.1 Å². The van der Waals surface area contributed by atoms with Gasteiger partial charge >= 0.3 is 0 Å². The summed E-state index contributed by atoms with van der Waals surface area (Å²) in [6.45, 7) is 4.84. The summed E-state index contributed by atoms with van der Waals surface area (Å²) in [5.74, 6) is -0.123. The number of amides is 1. The van der Waals surface area contributed by atoms with Crippen LogP contribution in [0, 0.1) is 5.92 Å². The molecule has 3 rings (SSSR count). The molecule has 0 aliphatic carbocycles. The summed E-state index contributed by atoms with van der Waals surface area (Å²) < 4.78 is 6.57. The second kappa shape index (κ2) is 8.14. The third-order valence-electron chi connectivity index (χ3n) is 4.19. The maximum absolute atomic E-state index is 13.0. The Morgan fingerprint density at radius 2 is 1.78 bits per heavy atom. The van der Waals surface area contributed by atoms with Crippen molar-refractivity contribution in [3.05, 3.63) is 70.1 Å². The van der Waals surface area contributed by atoms with Crippen molar-refractivity contribution in [2.24, 2.45) is 5.92 Å². The van der Waals surface area contributed by atoms with Crippen LogP contribution in [0.15, 0.2) is 53.3 Å². The van der Waals surface area contributed by atoms with Gasteiger partial charge in [-0.1, -0.05) is 50.2 Å². The number of methoxy groups -OCH3 is 1. The molecule has 27 heavy (non-hydrogen) atoms. The van der Waals surface area contributed by atoms with Gasteiger partial charge in [0.1, 0.15) is 0 Å². The van der Waals surface area contributed by atoms with E-state index in [1.165, 1.54) is 4.68 Å². The quantitative estimate of drug-likeness (QED) is 0.726. The number of rotatable bonds is 6. The second-order valence-electron chi connectivity index (χ2n) is 6.82. The summed E-state index contributed by atoms with van der Waals surface area (Å²) in [5, 5.41) is 8.32. The van der Waals surface area contributed by atoms with E-state index in [4.69, 9.17) is 4.74 Å². The van der Waals surface area contributed by atoms with E-state index >= 15 is 0 Å². The van der Waals surface area contributed by atoms with Crippen LogP contribution in [-0.4, -0.2) is 22.8 Å². The van der Waals surface area contributed by atoms with Crippen LogP contribution in [0.5, 0.6) is 0 Å². The number of hydrogen-bond acceptors (Lipinski definition) is 4. The van der Waals surface area contributed by atoms with Crippen LogP contribution in [0.25, 0.3) is 10.8 Å². The minimum atomic E-state index is -0.354. The number of carbonyl (C=O) groups is 1. The molecule has 1 amide bonds. The van der Waals surface area contributed by atoms with E-state index in [0.717, 1.165) is 5.56 Å². The molecule has 0 unspecified atom stereocenters. The molecule has 6 nitrogen and oxygen atoms in total. The van der Waals surface area contributed by atoms with E-state index in [0.29, 0.717) is 29.6 Å². The van der Waals surface area contributed by atoms with Crippen molar-refractivity contribution in [2.75, 3.05) is 12.4 Å². The fourth-order valence-corrected chi connectivity index (χ4v) is 2.98. The fraction of sp³-hybridized carbons (Fsp3) is 0.286. The number of hydrogen-bond donors (Lipinski definition) is 1. The highest BCUT2D eigenvalue weighted by molar-refractivity contribution is 6.11. The van der Waals surface area contributed by atoms with Gasteiger partial charge in [0.05, 0.1) is 12.0 Å². The Bertz CT molecular complexity index is 1020. The van der Waals surface area contributed by atoms with Crippen LogP contribution in [-0.2, 0) is 17.9 Å². The van der Waals surface area contributed by atoms with Crippen LogP contribution in [0.1, 0.15) is 29.9 Å². The Labute approximate surface area is 157 Å². The second-order valence-corrected chi connectivity index (χ2v) is 6.82. The monoisotopic (exact) mass is 365 g/mol. The first-order valence-corrected chi connectivity index (χ1v) is 8.89. The number of anilines is 1. The molecule has 1 aromatic heterocycles. The van der Waals surface area contributed by atoms with Crippen molar-refractivity contribution in [2.45, 2.75) is 27.0 Å². The Kier molecular flexibility index (Phi) is 5.66. The molecule has 1 N–H and O–H groups in total. The Balaban J connectivity index is 2.07. The van der Waals surface area contributed by atoms with Gasteiger partial charge in [-0.25, -0.2) is 4.68 Å². The van der Waals surface area contributed by atoms with Gasteiger partial charge in [0, 0.05) is 30.3 Å². The SMILES string of the molecule is COCc1ccccc1NC(=O)c1nn(CC(C)C)c(=O)c2ccccc12. The number of ether oxygens (including phenoxy) is 1. The fourth-order valence-electron chi connectivity index (χ4n) is 2.98. The lowest BCUT2D eigenvalue weighted by atomic mass is 10.1. The minimum Gasteiger partial charge on any atom is -0.380 e. The molecule has 0 radical (unpaired) electrons. The van der Waals surface area contributed by atoms with E-state index < -0.39 is 0 Å². The zero-order valence-electron chi connectivity index (χ0n) is 15.7. The number of nitrogens with one attached hydrogen (secondary N) is 1. The average Bonchev–Trinajstić information content (AvgIpc) is 2.65. The molecule has 0 saturated carbocycles. The molecule has 6 heteroatoms. The van der Waals surface area contributed by atoms with Crippen LogP contribution < -0.4 is 10.9 Å². The zero-order valence-corrected chi connectivity index (χ0v) is 15.7. The molecule has 3 aromatic rings. The summed E-state index contributed by atoms with van der Waals surface area (Å²) >= 11 is 0. The predicted octanol–water partition coefficient (Wildman–Crippen LogP) is 3.45. The van der Waals surface area contributed by atoms with Gasteiger partial charge in [0.15, 0.2) is 5.69 Å². The van der Waals surface area contributed by atoms with E-state index in [2.05, 4.69) is 10.4 Å². The van der Waals surface area contributed by atoms with Crippen LogP contribution in [0.2, 0.25) is 0 Å². The summed E-state index contributed by atoms with van der Waals surface area (Å²) in [5.41, 5.74) is 1.58. The molecular formula is C21H23N3O3. The number of para-hydroxylation sites is 1. The molecule has 140 valence electrons. The molecular weight excluding hydrogens is 342 g/mol. The lowest BCUT2D eigenvalue weighted by Crippen LogP contribution is -2.29. The lowest BCUT2D eigenvalue weighted by Gasteiger charge is -2.14. The molecule has 0 bridgehead atoms. The smallest absolute Gasteiger partial charge is 0.276 e. The summed E-state index contributed by atoms with van der Waals surface area (Å²) in [7, 11) is 1.61. The summed E-state index contributed by atoms with van der Waals surface area (Å²) in [4.78, 5) is 25.7. The number of aromatic nitrogens is 2. The van der Waals surface area contributed by atoms with Crippen molar-refractivity contribution in [1.82, 2.24) is 9.78 Å².